The Balaban J connectivity index is 1.96. The monoisotopic (exact) mass is 368 g/mol. The number of hydrogen-bond acceptors (Lipinski definition) is 4. The van der Waals surface area contributed by atoms with Gasteiger partial charge in [0.1, 0.15) is 5.37 Å². The number of non-ortho nitro benzene ring substituents is 1. The van der Waals surface area contributed by atoms with Crippen molar-refractivity contribution in [2.24, 2.45) is 0 Å². The summed E-state index contributed by atoms with van der Waals surface area (Å²) in [5.74, 6) is 0.291. The van der Waals surface area contributed by atoms with Gasteiger partial charge in [0.15, 0.2) is 0 Å². The molecule has 1 atom stereocenters. The number of halogens is 2. The summed E-state index contributed by atoms with van der Waals surface area (Å²) in [7, 11) is 0. The summed E-state index contributed by atoms with van der Waals surface area (Å²) in [6, 6.07) is 11.2. The largest absolute Gasteiger partial charge is 0.295 e. The Morgan fingerprint density at radius 1 is 1.13 bits per heavy atom. The number of hydrogen-bond donors (Lipinski definition) is 0. The average Bonchev–Trinajstić information content (AvgIpc) is 2.92. The van der Waals surface area contributed by atoms with Gasteiger partial charge in [-0.1, -0.05) is 23.2 Å². The molecule has 2 aromatic rings. The molecule has 1 saturated heterocycles. The van der Waals surface area contributed by atoms with Gasteiger partial charge in [-0.15, -0.1) is 11.8 Å². The maximum absolute atomic E-state index is 12.3. The lowest BCUT2D eigenvalue weighted by molar-refractivity contribution is -0.384. The van der Waals surface area contributed by atoms with Crippen molar-refractivity contribution in [1.82, 2.24) is 0 Å². The maximum atomic E-state index is 12.3. The summed E-state index contributed by atoms with van der Waals surface area (Å²) in [6.45, 7) is 0. The highest BCUT2D eigenvalue weighted by atomic mass is 35.5. The fraction of sp³-hybridized carbons (Fsp3) is 0.133. The zero-order chi connectivity index (χ0) is 16.6. The van der Waals surface area contributed by atoms with Crippen molar-refractivity contribution in [2.75, 3.05) is 10.7 Å². The molecule has 0 N–H and O–H groups in total. The van der Waals surface area contributed by atoms with Gasteiger partial charge in [0, 0.05) is 17.8 Å². The van der Waals surface area contributed by atoms with E-state index in [4.69, 9.17) is 23.2 Å². The number of nitro groups is 1. The SMILES string of the molecule is O=C1CSC(c2ccc([N+](=O)[O-])cc2)N1c1ccc(Cl)c(Cl)c1. The normalized spacial score (nSPS) is 17.6. The first-order valence-electron chi connectivity index (χ1n) is 6.60. The van der Waals surface area contributed by atoms with E-state index in [0.717, 1.165) is 5.56 Å². The van der Waals surface area contributed by atoms with E-state index in [2.05, 4.69) is 0 Å². The van der Waals surface area contributed by atoms with Crippen molar-refractivity contribution in [3.63, 3.8) is 0 Å². The van der Waals surface area contributed by atoms with Gasteiger partial charge < -0.3 is 0 Å². The first-order valence-corrected chi connectivity index (χ1v) is 8.41. The first kappa shape index (κ1) is 16.1. The van der Waals surface area contributed by atoms with Crippen LogP contribution in [0.1, 0.15) is 10.9 Å². The van der Waals surface area contributed by atoms with Crippen LogP contribution in [0.3, 0.4) is 0 Å². The zero-order valence-electron chi connectivity index (χ0n) is 11.6. The van der Waals surface area contributed by atoms with E-state index in [9.17, 15) is 14.9 Å². The van der Waals surface area contributed by atoms with E-state index in [1.165, 1.54) is 23.9 Å². The molecule has 1 heterocycles. The third-order valence-corrected chi connectivity index (χ3v) is 5.39. The lowest BCUT2D eigenvalue weighted by Crippen LogP contribution is -2.27. The summed E-state index contributed by atoms with van der Waals surface area (Å²) < 4.78 is 0. The van der Waals surface area contributed by atoms with Crippen LogP contribution < -0.4 is 4.90 Å². The smallest absolute Gasteiger partial charge is 0.269 e. The van der Waals surface area contributed by atoms with E-state index in [1.54, 1.807) is 35.2 Å². The Morgan fingerprint density at radius 3 is 2.43 bits per heavy atom. The lowest BCUT2D eigenvalue weighted by atomic mass is 10.1. The molecule has 23 heavy (non-hydrogen) atoms. The van der Waals surface area contributed by atoms with E-state index < -0.39 is 4.92 Å². The van der Waals surface area contributed by atoms with Crippen molar-refractivity contribution in [3.8, 4) is 0 Å². The molecule has 0 spiro atoms. The van der Waals surface area contributed by atoms with Crippen molar-refractivity contribution in [2.45, 2.75) is 5.37 Å². The predicted octanol–water partition coefficient (Wildman–Crippen LogP) is 4.68. The molecule has 5 nitrogen and oxygen atoms in total. The summed E-state index contributed by atoms with van der Waals surface area (Å²) in [5.41, 5.74) is 1.49. The van der Waals surface area contributed by atoms with E-state index >= 15 is 0 Å². The van der Waals surface area contributed by atoms with E-state index in [1.807, 2.05) is 0 Å². The molecule has 1 aliphatic rings. The van der Waals surface area contributed by atoms with Crippen LogP contribution in [-0.2, 0) is 4.79 Å². The summed E-state index contributed by atoms with van der Waals surface area (Å²) in [5, 5.41) is 11.3. The summed E-state index contributed by atoms with van der Waals surface area (Å²) in [4.78, 5) is 24.2. The predicted molar refractivity (Wildman–Crippen MR) is 92.2 cm³/mol. The fourth-order valence-electron chi connectivity index (χ4n) is 2.35. The number of benzene rings is 2. The summed E-state index contributed by atoms with van der Waals surface area (Å²) in [6.07, 6.45) is 0. The molecule has 3 rings (SSSR count). The molecule has 0 saturated carbocycles. The molecule has 2 aromatic carbocycles. The highest BCUT2D eigenvalue weighted by Gasteiger charge is 2.34. The number of carbonyl (C=O) groups is 1. The number of anilines is 1. The van der Waals surface area contributed by atoms with Crippen LogP contribution in [0, 0.1) is 10.1 Å². The van der Waals surface area contributed by atoms with Crippen molar-refractivity contribution < 1.29 is 9.72 Å². The first-order chi connectivity index (χ1) is 11.0. The third-order valence-electron chi connectivity index (χ3n) is 3.44. The van der Waals surface area contributed by atoms with Crippen LogP contribution >= 0.6 is 35.0 Å². The Hall–Kier alpha value is -1.76. The number of carbonyl (C=O) groups excluding carboxylic acids is 1. The Morgan fingerprint density at radius 2 is 1.83 bits per heavy atom. The standard InChI is InChI=1S/C15H10Cl2N2O3S/c16-12-6-5-11(7-13(12)17)18-14(20)8-23-15(18)9-1-3-10(4-2-9)19(21)22/h1-7,15H,8H2. The van der Waals surface area contributed by atoms with Gasteiger partial charge >= 0.3 is 0 Å². The number of amides is 1. The molecule has 0 radical (unpaired) electrons. The lowest BCUT2D eigenvalue weighted by Gasteiger charge is -2.24. The average molecular weight is 369 g/mol. The van der Waals surface area contributed by atoms with Crippen LogP contribution in [-0.4, -0.2) is 16.6 Å². The van der Waals surface area contributed by atoms with Crippen LogP contribution in [0.4, 0.5) is 11.4 Å². The molecule has 0 aromatic heterocycles. The topological polar surface area (TPSA) is 63.4 Å². The van der Waals surface area contributed by atoms with Crippen molar-refractivity contribution >= 4 is 52.2 Å². The minimum Gasteiger partial charge on any atom is -0.295 e. The second kappa shape index (κ2) is 6.39. The minimum atomic E-state index is -0.451. The van der Waals surface area contributed by atoms with Crippen LogP contribution in [0.5, 0.6) is 0 Å². The van der Waals surface area contributed by atoms with Gasteiger partial charge in [-0.3, -0.25) is 19.8 Å². The van der Waals surface area contributed by atoms with Crippen molar-refractivity contribution in [1.29, 1.82) is 0 Å². The Bertz CT molecular complexity index is 783. The second-order valence-electron chi connectivity index (χ2n) is 4.87. The molecule has 0 bridgehead atoms. The molecule has 1 aliphatic heterocycles. The molecule has 1 fully saturated rings. The highest BCUT2D eigenvalue weighted by Crippen LogP contribution is 2.43. The third kappa shape index (κ3) is 3.15. The molecule has 1 amide bonds. The Kier molecular flexibility index (Phi) is 4.48. The number of nitro benzene ring substituents is 1. The zero-order valence-corrected chi connectivity index (χ0v) is 13.9. The van der Waals surface area contributed by atoms with Gasteiger partial charge in [0.2, 0.25) is 5.91 Å². The number of nitrogens with zero attached hydrogens (tertiary/aromatic N) is 2. The molecule has 0 aliphatic carbocycles. The van der Waals surface area contributed by atoms with Gasteiger partial charge in [-0.2, -0.15) is 0 Å². The molecule has 8 heteroatoms. The number of thioether (sulfide) groups is 1. The van der Waals surface area contributed by atoms with Crippen molar-refractivity contribution in [3.05, 3.63) is 68.2 Å². The highest BCUT2D eigenvalue weighted by molar-refractivity contribution is 8.00. The minimum absolute atomic E-state index is 0.0177. The molecule has 1 unspecified atom stereocenters. The quantitative estimate of drug-likeness (QED) is 0.582. The van der Waals surface area contributed by atoms with Crippen LogP contribution in [0.25, 0.3) is 0 Å². The van der Waals surface area contributed by atoms with E-state index in [-0.39, 0.29) is 17.0 Å². The molecular formula is C15H10Cl2N2O3S. The van der Waals surface area contributed by atoms with Gasteiger partial charge in [-0.05, 0) is 35.9 Å². The number of rotatable bonds is 3. The second-order valence-corrected chi connectivity index (χ2v) is 6.76. The van der Waals surface area contributed by atoms with Crippen LogP contribution in [0.15, 0.2) is 42.5 Å². The van der Waals surface area contributed by atoms with E-state index in [0.29, 0.717) is 21.5 Å². The summed E-state index contributed by atoms with van der Waals surface area (Å²) >= 11 is 13.4. The van der Waals surface area contributed by atoms with Gasteiger partial charge in [-0.25, -0.2) is 0 Å². The maximum Gasteiger partial charge on any atom is 0.269 e. The van der Waals surface area contributed by atoms with Gasteiger partial charge in [0.25, 0.3) is 5.69 Å². The molecular weight excluding hydrogens is 359 g/mol. The molecule has 118 valence electrons. The Labute approximate surface area is 146 Å². The van der Waals surface area contributed by atoms with Crippen LogP contribution in [0.2, 0.25) is 10.0 Å². The fourth-order valence-corrected chi connectivity index (χ4v) is 3.82. The van der Waals surface area contributed by atoms with Gasteiger partial charge in [0.05, 0.1) is 20.7 Å².